The zero-order valence-electron chi connectivity index (χ0n) is 19.9. The van der Waals surface area contributed by atoms with Gasteiger partial charge in [-0.05, 0) is 41.5 Å². The largest absolute Gasteiger partial charge is 0.398 e. The first kappa shape index (κ1) is 23.0. The molecule has 1 saturated heterocycles. The number of aromatic nitrogens is 3. The van der Waals surface area contributed by atoms with Crippen molar-refractivity contribution in [3.63, 3.8) is 0 Å². The molecule has 35 heavy (non-hydrogen) atoms. The molecule has 1 aliphatic rings. The van der Waals surface area contributed by atoms with Gasteiger partial charge in [-0.2, -0.15) is 5.10 Å². The maximum absolute atomic E-state index is 13.5. The lowest BCUT2D eigenvalue weighted by atomic mass is 9.93. The van der Waals surface area contributed by atoms with E-state index in [-0.39, 0.29) is 18.6 Å². The summed E-state index contributed by atoms with van der Waals surface area (Å²) in [5, 5.41) is 16.4. The van der Waals surface area contributed by atoms with Crippen LogP contribution in [0.15, 0.2) is 61.1 Å². The van der Waals surface area contributed by atoms with E-state index in [2.05, 4.69) is 10.1 Å². The van der Waals surface area contributed by atoms with Gasteiger partial charge in [-0.3, -0.25) is 14.5 Å². The Morgan fingerprint density at radius 2 is 2.03 bits per heavy atom. The van der Waals surface area contributed by atoms with Crippen LogP contribution in [0.3, 0.4) is 0 Å². The molecule has 0 unspecified atom stereocenters. The van der Waals surface area contributed by atoms with Crippen molar-refractivity contribution in [1.29, 1.82) is 0 Å². The number of fused-ring (bicyclic) bond motifs is 1. The molecule has 180 valence electrons. The van der Waals surface area contributed by atoms with E-state index in [0.29, 0.717) is 30.7 Å². The molecular formula is C27H29N5O3. The molecule has 0 spiro atoms. The Hall–Kier alpha value is -3.75. The number of aliphatic hydroxyl groups is 1. The monoisotopic (exact) mass is 471 g/mol. The van der Waals surface area contributed by atoms with Crippen molar-refractivity contribution in [2.24, 2.45) is 7.05 Å². The van der Waals surface area contributed by atoms with Gasteiger partial charge >= 0.3 is 0 Å². The highest BCUT2D eigenvalue weighted by molar-refractivity contribution is 6.08. The summed E-state index contributed by atoms with van der Waals surface area (Å²) in [7, 11) is 3.60. The van der Waals surface area contributed by atoms with E-state index in [9.17, 15) is 9.90 Å². The van der Waals surface area contributed by atoms with Crippen molar-refractivity contribution in [1.82, 2.24) is 19.7 Å². The molecule has 1 aliphatic heterocycles. The van der Waals surface area contributed by atoms with E-state index in [0.717, 1.165) is 33.2 Å². The average molecular weight is 472 g/mol. The number of pyridine rings is 1. The number of nitrogen functional groups attached to an aromatic ring is 1. The Labute approximate surface area is 204 Å². The second-order valence-electron chi connectivity index (χ2n) is 9.09. The normalized spacial score (nSPS) is 18.0. The van der Waals surface area contributed by atoms with Crippen molar-refractivity contribution >= 4 is 22.4 Å². The van der Waals surface area contributed by atoms with Crippen LogP contribution in [0.5, 0.6) is 0 Å². The average Bonchev–Trinajstić information content (AvgIpc) is 3.32. The van der Waals surface area contributed by atoms with Crippen LogP contribution in [0, 0.1) is 0 Å². The Bertz CT molecular complexity index is 1370. The third kappa shape index (κ3) is 4.50. The number of aryl methyl sites for hydroxylation is 1. The van der Waals surface area contributed by atoms with Crippen LogP contribution in [0.25, 0.3) is 22.0 Å². The molecule has 1 amide bonds. The van der Waals surface area contributed by atoms with Crippen LogP contribution in [-0.2, 0) is 18.2 Å². The summed E-state index contributed by atoms with van der Waals surface area (Å²) in [6.45, 7) is 0.739. The molecule has 8 heteroatoms. The third-order valence-electron chi connectivity index (χ3n) is 6.73. The molecule has 2 aromatic heterocycles. The summed E-state index contributed by atoms with van der Waals surface area (Å²) in [5.41, 5.74) is 11.3. The summed E-state index contributed by atoms with van der Waals surface area (Å²) in [5.74, 6) is -0.203. The minimum absolute atomic E-state index is 0.203. The number of ether oxygens (including phenoxy) is 1. The smallest absolute Gasteiger partial charge is 0.256 e. The van der Waals surface area contributed by atoms with Gasteiger partial charge in [0.1, 0.15) is 0 Å². The molecule has 0 radical (unpaired) electrons. The summed E-state index contributed by atoms with van der Waals surface area (Å²) in [6.07, 6.45) is 6.05. The van der Waals surface area contributed by atoms with Gasteiger partial charge in [0, 0.05) is 44.0 Å². The van der Waals surface area contributed by atoms with Crippen LogP contribution in [0.1, 0.15) is 27.9 Å². The predicted octanol–water partition coefficient (Wildman–Crippen LogP) is 3.03. The fourth-order valence-electron chi connectivity index (χ4n) is 4.77. The first-order valence-electron chi connectivity index (χ1n) is 11.7. The molecule has 3 heterocycles. The molecule has 2 aromatic carbocycles. The second kappa shape index (κ2) is 9.48. The van der Waals surface area contributed by atoms with Crippen LogP contribution in [0.4, 0.5) is 5.69 Å². The van der Waals surface area contributed by atoms with Gasteiger partial charge in [0.2, 0.25) is 0 Å². The van der Waals surface area contributed by atoms with Crippen molar-refractivity contribution in [2.45, 2.75) is 25.0 Å². The number of nitrogens with zero attached hydrogens (tertiary/aromatic N) is 4. The van der Waals surface area contributed by atoms with Gasteiger partial charge in [0.25, 0.3) is 5.91 Å². The van der Waals surface area contributed by atoms with E-state index in [1.165, 1.54) is 0 Å². The van der Waals surface area contributed by atoms with Crippen molar-refractivity contribution in [2.75, 3.05) is 26.0 Å². The maximum Gasteiger partial charge on any atom is 0.256 e. The SMILES string of the molecule is CN(C(=O)c1cc(Cc2ccc(-c3cnn(C)c3)nc2)c2ccccc2c1N)[C@H]1CCOC[C@@H]1O. The Balaban J connectivity index is 1.48. The number of anilines is 1. The summed E-state index contributed by atoms with van der Waals surface area (Å²) in [4.78, 5) is 19.8. The van der Waals surface area contributed by atoms with Gasteiger partial charge in [-0.1, -0.05) is 30.3 Å². The van der Waals surface area contributed by atoms with Crippen LogP contribution < -0.4 is 5.73 Å². The molecule has 8 nitrogen and oxygen atoms in total. The molecule has 1 fully saturated rings. The summed E-state index contributed by atoms with van der Waals surface area (Å²) >= 11 is 0. The minimum atomic E-state index is -0.719. The van der Waals surface area contributed by atoms with E-state index < -0.39 is 6.10 Å². The lowest BCUT2D eigenvalue weighted by Crippen LogP contribution is -2.49. The summed E-state index contributed by atoms with van der Waals surface area (Å²) < 4.78 is 7.08. The number of amides is 1. The number of nitrogens with two attached hydrogens (primary N) is 1. The summed E-state index contributed by atoms with van der Waals surface area (Å²) in [6, 6.07) is 13.5. The molecule has 2 atom stereocenters. The fourth-order valence-corrected chi connectivity index (χ4v) is 4.77. The van der Waals surface area contributed by atoms with E-state index in [1.807, 2.05) is 61.9 Å². The van der Waals surface area contributed by atoms with Crippen LogP contribution >= 0.6 is 0 Å². The zero-order chi connectivity index (χ0) is 24.5. The number of likely N-dealkylation sites (N-methyl/N-ethyl adjacent to an activating group) is 1. The predicted molar refractivity (Wildman–Crippen MR) is 135 cm³/mol. The molecular weight excluding hydrogens is 442 g/mol. The number of benzene rings is 2. The topological polar surface area (TPSA) is 107 Å². The van der Waals surface area contributed by atoms with Gasteiger partial charge in [-0.15, -0.1) is 0 Å². The van der Waals surface area contributed by atoms with Crippen LogP contribution in [0.2, 0.25) is 0 Å². The number of aliphatic hydroxyl groups excluding tert-OH is 1. The molecule has 0 bridgehead atoms. The highest BCUT2D eigenvalue weighted by atomic mass is 16.5. The Kier molecular flexibility index (Phi) is 6.23. The van der Waals surface area contributed by atoms with Crippen molar-refractivity contribution in [3.05, 3.63) is 77.7 Å². The zero-order valence-corrected chi connectivity index (χ0v) is 19.9. The van der Waals surface area contributed by atoms with Gasteiger partial charge in [0.05, 0.1) is 41.9 Å². The first-order valence-corrected chi connectivity index (χ1v) is 11.7. The minimum Gasteiger partial charge on any atom is -0.398 e. The van der Waals surface area contributed by atoms with Crippen molar-refractivity contribution in [3.8, 4) is 11.3 Å². The number of hydrogen-bond donors (Lipinski definition) is 2. The third-order valence-corrected chi connectivity index (χ3v) is 6.73. The number of rotatable bonds is 5. The second-order valence-corrected chi connectivity index (χ2v) is 9.09. The first-order chi connectivity index (χ1) is 16.9. The highest BCUT2D eigenvalue weighted by Crippen LogP contribution is 2.31. The maximum atomic E-state index is 13.5. The van der Waals surface area contributed by atoms with Crippen molar-refractivity contribution < 1.29 is 14.6 Å². The number of carbonyl (C=O) groups is 1. The van der Waals surface area contributed by atoms with E-state index in [4.69, 9.17) is 10.5 Å². The van der Waals surface area contributed by atoms with Gasteiger partial charge in [0.15, 0.2) is 0 Å². The van der Waals surface area contributed by atoms with Gasteiger partial charge in [-0.25, -0.2) is 0 Å². The molecule has 0 aliphatic carbocycles. The lowest BCUT2D eigenvalue weighted by molar-refractivity contribution is -0.0523. The molecule has 0 saturated carbocycles. The lowest BCUT2D eigenvalue weighted by Gasteiger charge is -2.35. The number of carbonyl (C=O) groups excluding carboxylic acids is 1. The van der Waals surface area contributed by atoms with Gasteiger partial charge < -0.3 is 20.5 Å². The quantitative estimate of drug-likeness (QED) is 0.434. The Morgan fingerprint density at radius 3 is 2.71 bits per heavy atom. The molecule has 4 aromatic rings. The molecule has 3 N–H and O–H groups in total. The molecule has 5 rings (SSSR count). The number of hydrogen-bond acceptors (Lipinski definition) is 6. The Morgan fingerprint density at radius 1 is 1.23 bits per heavy atom. The standard InChI is InChI=1S/C27H29N5O3/c1-31-15-19(14-30-31)23-8-7-17(13-29-23)11-18-12-22(26(28)21-6-4-3-5-20(18)21)27(34)32(2)24-9-10-35-16-25(24)33/h3-8,12-15,24-25,33H,9-11,16,28H2,1-2H3/t24-,25-/m0/s1. The van der Waals surface area contributed by atoms with E-state index in [1.54, 1.807) is 22.8 Å². The van der Waals surface area contributed by atoms with E-state index >= 15 is 0 Å². The van der Waals surface area contributed by atoms with Crippen LogP contribution in [-0.4, -0.2) is 63.1 Å². The fraction of sp³-hybridized carbons (Fsp3) is 0.296. The highest BCUT2D eigenvalue weighted by Gasteiger charge is 2.31.